The molecule has 0 saturated heterocycles. The van der Waals surface area contributed by atoms with Crippen LogP contribution in [0.15, 0.2) is 12.4 Å². The van der Waals surface area contributed by atoms with Gasteiger partial charge in [-0.05, 0) is 32.4 Å². The van der Waals surface area contributed by atoms with Gasteiger partial charge in [-0.1, -0.05) is 0 Å². The summed E-state index contributed by atoms with van der Waals surface area (Å²) < 4.78 is 8.48. The van der Waals surface area contributed by atoms with E-state index in [-0.39, 0.29) is 5.97 Å². The highest BCUT2D eigenvalue weighted by atomic mass is 32.1. The van der Waals surface area contributed by atoms with Crippen LogP contribution in [0.3, 0.4) is 0 Å². The minimum absolute atomic E-state index is 0.354. The number of esters is 1. The molecule has 0 aliphatic carbocycles. The van der Waals surface area contributed by atoms with Crippen molar-refractivity contribution in [3.63, 3.8) is 0 Å². The molecule has 26 heavy (non-hydrogen) atoms. The number of hydrogen-bond donors (Lipinski definition) is 0. The number of carbonyl (C=O) groups is 1. The molecule has 134 valence electrons. The van der Waals surface area contributed by atoms with Gasteiger partial charge in [0, 0.05) is 18.7 Å². The molecular weight excluding hydrogens is 352 g/mol. The molecule has 0 amide bonds. The molecule has 4 aromatic rings. The summed E-state index contributed by atoms with van der Waals surface area (Å²) in [4.78, 5) is 22.3. The normalized spacial score (nSPS) is 11.5. The molecule has 9 heteroatoms. The topological polar surface area (TPSA) is 87.2 Å². The number of fused-ring (bicyclic) bond motifs is 3. The first-order valence-corrected chi connectivity index (χ1v) is 9.02. The molecule has 0 N–H and O–H groups in total. The molecule has 8 nitrogen and oxygen atoms in total. The molecule has 0 fully saturated rings. The van der Waals surface area contributed by atoms with Gasteiger partial charge in [0.05, 0.1) is 18.2 Å². The Kier molecular flexibility index (Phi) is 3.95. The first-order valence-electron chi connectivity index (χ1n) is 8.20. The Bertz CT molecular complexity index is 1140. The van der Waals surface area contributed by atoms with Gasteiger partial charge in [0.25, 0.3) is 0 Å². The van der Waals surface area contributed by atoms with Crippen molar-refractivity contribution in [3.05, 3.63) is 40.0 Å². The summed E-state index contributed by atoms with van der Waals surface area (Å²) in [5.74, 6) is 0.366. The van der Waals surface area contributed by atoms with Crippen molar-refractivity contribution in [2.24, 2.45) is 0 Å². The molecule has 4 rings (SSSR count). The SMILES string of the molecule is COC(=O)c1sc2ncn3nc(CCn4nc(C)cc4C)nc3c2c1C. The lowest BCUT2D eigenvalue weighted by molar-refractivity contribution is 0.0605. The van der Waals surface area contributed by atoms with Crippen LogP contribution in [0.4, 0.5) is 0 Å². The fourth-order valence-corrected chi connectivity index (χ4v) is 4.14. The lowest BCUT2D eigenvalue weighted by atomic mass is 10.2. The van der Waals surface area contributed by atoms with E-state index >= 15 is 0 Å². The van der Waals surface area contributed by atoms with E-state index in [9.17, 15) is 4.79 Å². The molecular formula is C17H18N6O2S. The van der Waals surface area contributed by atoms with Crippen molar-refractivity contribution in [3.8, 4) is 0 Å². The summed E-state index contributed by atoms with van der Waals surface area (Å²) in [6.45, 7) is 6.61. The first kappa shape index (κ1) is 16.6. The van der Waals surface area contributed by atoms with Crippen molar-refractivity contribution < 1.29 is 9.53 Å². The Morgan fingerprint density at radius 2 is 2.08 bits per heavy atom. The summed E-state index contributed by atoms with van der Waals surface area (Å²) in [5.41, 5.74) is 3.65. The second kappa shape index (κ2) is 6.17. The molecule has 0 spiro atoms. The lowest BCUT2D eigenvalue weighted by Crippen LogP contribution is -2.06. The van der Waals surface area contributed by atoms with Gasteiger partial charge in [0.15, 0.2) is 11.5 Å². The zero-order valence-corrected chi connectivity index (χ0v) is 15.8. The van der Waals surface area contributed by atoms with E-state index in [1.165, 1.54) is 18.4 Å². The first-order chi connectivity index (χ1) is 12.5. The molecule has 0 atom stereocenters. The number of aryl methyl sites for hydroxylation is 5. The molecule has 0 radical (unpaired) electrons. The molecule has 0 aliphatic heterocycles. The summed E-state index contributed by atoms with van der Waals surface area (Å²) in [6.07, 6.45) is 2.30. The quantitative estimate of drug-likeness (QED) is 0.513. The van der Waals surface area contributed by atoms with E-state index < -0.39 is 0 Å². The van der Waals surface area contributed by atoms with Crippen LogP contribution in [0.5, 0.6) is 0 Å². The van der Waals surface area contributed by atoms with Crippen LogP contribution in [-0.2, 0) is 17.7 Å². The van der Waals surface area contributed by atoms with Crippen LogP contribution in [0.2, 0.25) is 0 Å². The Labute approximate surface area is 153 Å². The summed E-state index contributed by atoms with van der Waals surface area (Å²) in [6, 6.07) is 2.05. The van der Waals surface area contributed by atoms with E-state index in [4.69, 9.17) is 4.74 Å². The van der Waals surface area contributed by atoms with Crippen molar-refractivity contribution in [1.29, 1.82) is 0 Å². The number of thiophene rings is 1. The van der Waals surface area contributed by atoms with E-state index in [0.717, 1.165) is 33.0 Å². The van der Waals surface area contributed by atoms with Gasteiger partial charge in [0.2, 0.25) is 0 Å². The second-order valence-electron chi connectivity index (χ2n) is 6.17. The molecule has 4 heterocycles. The Hall–Kier alpha value is -2.81. The molecule has 0 bridgehead atoms. The zero-order chi connectivity index (χ0) is 18.4. The Morgan fingerprint density at radius 3 is 2.77 bits per heavy atom. The van der Waals surface area contributed by atoms with Gasteiger partial charge in [0.1, 0.15) is 16.0 Å². The summed E-state index contributed by atoms with van der Waals surface area (Å²) in [5, 5.41) is 9.84. The molecule has 0 saturated carbocycles. The number of hydrogen-bond acceptors (Lipinski definition) is 7. The number of nitrogens with zero attached hydrogens (tertiary/aromatic N) is 6. The zero-order valence-electron chi connectivity index (χ0n) is 15.0. The predicted molar refractivity (Wildman–Crippen MR) is 97.6 cm³/mol. The third-order valence-corrected chi connectivity index (χ3v) is 5.51. The van der Waals surface area contributed by atoms with E-state index in [2.05, 4.69) is 20.2 Å². The number of carbonyl (C=O) groups excluding carboxylic acids is 1. The second-order valence-corrected chi connectivity index (χ2v) is 7.17. The number of ether oxygens (including phenoxy) is 1. The van der Waals surface area contributed by atoms with E-state index in [1.54, 1.807) is 10.8 Å². The van der Waals surface area contributed by atoms with Gasteiger partial charge in [-0.15, -0.1) is 16.4 Å². The van der Waals surface area contributed by atoms with Gasteiger partial charge in [-0.25, -0.2) is 19.3 Å². The third-order valence-electron chi connectivity index (χ3n) is 4.33. The Balaban J connectivity index is 1.72. The molecule has 4 aromatic heterocycles. The lowest BCUT2D eigenvalue weighted by Gasteiger charge is -2.00. The third kappa shape index (κ3) is 2.64. The Morgan fingerprint density at radius 1 is 1.27 bits per heavy atom. The number of methoxy groups -OCH3 is 1. The molecule has 0 aromatic carbocycles. The average Bonchev–Trinajstić information content (AvgIpc) is 3.27. The van der Waals surface area contributed by atoms with E-state index in [1.807, 2.05) is 31.5 Å². The number of aromatic nitrogens is 6. The van der Waals surface area contributed by atoms with Gasteiger partial charge in [-0.3, -0.25) is 4.68 Å². The maximum absolute atomic E-state index is 11.9. The van der Waals surface area contributed by atoms with E-state index in [0.29, 0.717) is 23.5 Å². The summed E-state index contributed by atoms with van der Waals surface area (Å²) in [7, 11) is 1.38. The van der Waals surface area contributed by atoms with Gasteiger partial charge in [-0.2, -0.15) is 5.10 Å². The van der Waals surface area contributed by atoms with Crippen LogP contribution in [0.25, 0.3) is 15.9 Å². The van der Waals surface area contributed by atoms with Crippen molar-refractivity contribution in [2.75, 3.05) is 7.11 Å². The highest BCUT2D eigenvalue weighted by Gasteiger charge is 2.20. The monoisotopic (exact) mass is 370 g/mol. The highest BCUT2D eigenvalue weighted by Crippen LogP contribution is 2.32. The van der Waals surface area contributed by atoms with Gasteiger partial charge >= 0.3 is 5.97 Å². The smallest absolute Gasteiger partial charge is 0.348 e. The average molecular weight is 370 g/mol. The predicted octanol–water partition coefficient (Wildman–Crippen LogP) is 2.49. The van der Waals surface area contributed by atoms with Gasteiger partial charge < -0.3 is 4.74 Å². The fraction of sp³-hybridized carbons (Fsp3) is 0.353. The van der Waals surface area contributed by atoms with Crippen LogP contribution in [0, 0.1) is 20.8 Å². The largest absolute Gasteiger partial charge is 0.465 e. The van der Waals surface area contributed by atoms with Crippen LogP contribution in [0.1, 0.15) is 32.4 Å². The van der Waals surface area contributed by atoms with Crippen molar-refractivity contribution in [1.82, 2.24) is 29.4 Å². The highest BCUT2D eigenvalue weighted by molar-refractivity contribution is 7.20. The van der Waals surface area contributed by atoms with Crippen LogP contribution >= 0.6 is 11.3 Å². The maximum Gasteiger partial charge on any atom is 0.348 e. The number of rotatable bonds is 4. The van der Waals surface area contributed by atoms with Crippen LogP contribution in [-0.4, -0.2) is 42.4 Å². The standard InChI is InChI=1S/C17H18N6O2S/c1-9-7-10(2)22(20-9)6-5-12-19-15-13-11(3)14(17(24)25-4)26-16(13)18-8-23(15)21-12/h7-8H,5-6H2,1-4H3. The van der Waals surface area contributed by atoms with Crippen molar-refractivity contribution >= 4 is 33.2 Å². The van der Waals surface area contributed by atoms with Crippen LogP contribution < -0.4 is 0 Å². The fourth-order valence-electron chi connectivity index (χ4n) is 3.08. The minimum atomic E-state index is -0.354. The maximum atomic E-state index is 11.9. The van der Waals surface area contributed by atoms with Crippen molar-refractivity contribution in [2.45, 2.75) is 33.7 Å². The summed E-state index contributed by atoms with van der Waals surface area (Å²) >= 11 is 1.31. The molecule has 0 unspecified atom stereocenters. The minimum Gasteiger partial charge on any atom is -0.465 e. The molecule has 0 aliphatic rings.